The molecule has 2 unspecified atom stereocenters. The molecule has 23 heavy (non-hydrogen) atoms. The van der Waals surface area contributed by atoms with Gasteiger partial charge in [-0.05, 0) is 31.0 Å². The van der Waals surface area contributed by atoms with E-state index in [1.54, 1.807) is 21.3 Å². The molecular formula is C18H29N3O2. The van der Waals surface area contributed by atoms with Crippen LogP contribution in [-0.4, -0.2) is 38.9 Å². The van der Waals surface area contributed by atoms with Crippen molar-refractivity contribution in [1.82, 2.24) is 10.6 Å². The van der Waals surface area contributed by atoms with Gasteiger partial charge in [-0.2, -0.15) is 0 Å². The predicted molar refractivity (Wildman–Crippen MR) is 93.9 cm³/mol. The van der Waals surface area contributed by atoms with E-state index in [0.717, 1.165) is 23.7 Å². The zero-order valence-electron chi connectivity index (χ0n) is 15.1. The van der Waals surface area contributed by atoms with Crippen LogP contribution in [0.25, 0.3) is 0 Å². The smallest absolute Gasteiger partial charge is 0.191 e. The van der Waals surface area contributed by atoms with Gasteiger partial charge in [0.05, 0.1) is 12.7 Å². The van der Waals surface area contributed by atoms with Gasteiger partial charge in [-0.1, -0.05) is 26.0 Å². The fourth-order valence-corrected chi connectivity index (χ4v) is 3.05. The summed E-state index contributed by atoms with van der Waals surface area (Å²) in [7, 11) is 5.26. The molecule has 1 fully saturated rings. The molecule has 1 aliphatic rings. The third-order valence-corrected chi connectivity index (χ3v) is 5.41. The minimum Gasteiger partial charge on any atom is -0.497 e. The molecule has 0 saturated heterocycles. The van der Waals surface area contributed by atoms with Crippen molar-refractivity contribution >= 4 is 5.96 Å². The molecule has 128 valence electrons. The van der Waals surface area contributed by atoms with Crippen LogP contribution in [0.15, 0.2) is 29.3 Å². The van der Waals surface area contributed by atoms with E-state index in [2.05, 4.69) is 42.5 Å². The lowest BCUT2D eigenvalue weighted by Crippen LogP contribution is -2.69. The van der Waals surface area contributed by atoms with Gasteiger partial charge in [0.2, 0.25) is 0 Å². The highest BCUT2D eigenvalue weighted by Gasteiger charge is 2.58. The second-order valence-electron chi connectivity index (χ2n) is 6.84. The first kappa shape index (κ1) is 17.6. The van der Waals surface area contributed by atoms with E-state index in [4.69, 9.17) is 9.47 Å². The van der Waals surface area contributed by atoms with Gasteiger partial charge in [0.1, 0.15) is 5.75 Å². The molecule has 1 aromatic carbocycles. The molecule has 0 spiro atoms. The van der Waals surface area contributed by atoms with Gasteiger partial charge in [0.25, 0.3) is 0 Å². The van der Waals surface area contributed by atoms with Crippen LogP contribution in [-0.2, 0) is 11.3 Å². The molecule has 1 aromatic rings. The number of ether oxygens (including phenoxy) is 2. The van der Waals surface area contributed by atoms with Crippen LogP contribution in [0.2, 0.25) is 0 Å². The molecule has 2 rings (SSSR count). The number of methoxy groups -OCH3 is 2. The maximum absolute atomic E-state index is 5.68. The van der Waals surface area contributed by atoms with Crippen LogP contribution in [0.4, 0.5) is 0 Å². The van der Waals surface area contributed by atoms with Crippen LogP contribution >= 0.6 is 0 Å². The quantitative estimate of drug-likeness (QED) is 0.647. The van der Waals surface area contributed by atoms with Gasteiger partial charge in [-0.15, -0.1) is 0 Å². The lowest BCUT2D eigenvalue weighted by Gasteiger charge is -2.59. The maximum atomic E-state index is 5.68. The molecule has 2 atom stereocenters. The van der Waals surface area contributed by atoms with Crippen molar-refractivity contribution in [3.63, 3.8) is 0 Å². The first-order chi connectivity index (χ1) is 10.9. The number of hydrogen-bond donors (Lipinski definition) is 2. The van der Waals surface area contributed by atoms with E-state index >= 15 is 0 Å². The average molecular weight is 319 g/mol. The van der Waals surface area contributed by atoms with Crippen molar-refractivity contribution in [2.24, 2.45) is 10.4 Å². The summed E-state index contributed by atoms with van der Waals surface area (Å²) >= 11 is 0. The second kappa shape index (κ2) is 6.79. The Hall–Kier alpha value is -1.75. The summed E-state index contributed by atoms with van der Waals surface area (Å²) in [5, 5.41) is 6.87. The number of nitrogens with zero attached hydrogens (tertiary/aromatic N) is 1. The molecule has 1 saturated carbocycles. The van der Waals surface area contributed by atoms with Crippen molar-refractivity contribution in [3.05, 3.63) is 29.8 Å². The lowest BCUT2D eigenvalue weighted by atomic mass is 9.56. The highest BCUT2D eigenvalue weighted by atomic mass is 16.5. The number of aliphatic imine (C=N–C) groups is 1. The summed E-state index contributed by atoms with van der Waals surface area (Å²) in [5.74, 6) is 1.67. The molecule has 1 aliphatic carbocycles. The Labute approximate surface area is 139 Å². The predicted octanol–water partition coefficient (Wildman–Crippen LogP) is 2.56. The van der Waals surface area contributed by atoms with E-state index < -0.39 is 0 Å². The molecule has 0 heterocycles. The number of guanidine groups is 1. The van der Waals surface area contributed by atoms with Gasteiger partial charge in [0.15, 0.2) is 5.96 Å². The largest absolute Gasteiger partial charge is 0.497 e. The molecule has 2 N–H and O–H groups in total. The lowest BCUT2D eigenvalue weighted by molar-refractivity contribution is -0.176. The van der Waals surface area contributed by atoms with Gasteiger partial charge in [0, 0.05) is 32.2 Å². The minimum atomic E-state index is -0.0870. The minimum absolute atomic E-state index is 0.0509. The molecule has 0 bridgehead atoms. The van der Waals surface area contributed by atoms with Gasteiger partial charge in [-0.25, -0.2) is 0 Å². The summed E-state index contributed by atoms with van der Waals surface area (Å²) < 4.78 is 10.9. The van der Waals surface area contributed by atoms with Crippen LogP contribution in [0.5, 0.6) is 5.75 Å². The number of nitrogens with one attached hydrogen (secondary N) is 2. The highest BCUT2D eigenvalue weighted by molar-refractivity contribution is 5.80. The fourth-order valence-electron chi connectivity index (χ4n) is 3.05. The van der Waals surface area contributed by atoms with E-state index in [0.29, 0.717) is 12.6 Å². The fraction of sp³-hybridized carbons (Fsp3) is 0.611. The summed E-state index contributed by atoms with van der Waals surface area (Å²) in [5.41, 5.74) is 1.12. The highest BCUT2D eigenvalue weighted by Crippen LogP contribution is 2.51. The van der Waals surface area contributed by atoms with Crippen LogP contribution in [0.1, 0.15) is 32.8 Å². The van der Waals surface area contributed by atoms with Crippen molar-refractivity contribution in [2.75, 3.05) is 21.3 Å². The number of benzene rings is 1. The average Bonchev–Trinajstić information content (AvgIpc) is 2.57. The molecule has 0 amide bonds. The number of rotatable bonds is 5. The van der Waals surface area contributed by atoms with E-state index in [9.17, 15) is 0 Å². The zero-order chi connectivity index (χ0) is 17.1. The second-order valence-corrected chi connectivity index (χ2v) is 6.84. The maximum Gasteiger partial charge on any atom is 0.191 e. The number of hydrogen-bond acceptors (Lipinski definition) is 3. The Bertz CT molecular complexity index is 571. The summed E-state index contributed by atoms with van der Waals surface area (Å²) in [4.78, 5) is 4.33. The monoisotopic (exact) mass is 319 g/mol. The normalized spacial score (nSPS) is 26.3. The van der Waals surface area contributed by atoms with Crippen molar-refractivity contribution in [2.45, 2.75) is 45.4 Å². The third kappa shape index (κ3) is 3.44. The molecule has 0 aromatic heterocycles. The van der Waals surface area contributed by atoms with E-state index in [1.165, 1.54) is 0 Å². The van der Waals surface area contributed by atoms with Crippen LogP contribution in [0, 0.1) is 5.41 Å². The van der Waals surface area contributed by atoms with Gasteiger partial charge in [-0.3, -0.25) is 4.99 Å². The summed E-state index contributed by atoms with van der Waals surface area (Å²) in [6.07, 6.45) is 0.969. The topological polar surface area (TPSA) is 54.9 Å². The van der Waals surface area contributed by atoms with Crippen LogP contribution < -0.4 is 15.4 Å². The third-order valence-electron chi connectivity index (χ3n) is 5.41. The van der Waals surface area contributed by atoms with Gasteiger partial charge >= 0.3 is 0 Å². The SMILES string of the molecule is CN=C(NCc1cccc(OC)c1)NC1CC(C)(OC)C1(C)C. The van der Waals surface area contributed by atoms with E-state index in [1.807, 2.05) is 18.2 Å². The van der Waals surface area contributed by atoms with Crippen LogP contribution in [0.3, 0.4) is 0 Å². The Morgan fingerprint density at radius 1 is 1.30 bits per heavy atom. The summed E-state index contributed by atoms with van der Waals surface area (Å²) in [6, 6.07) is 8.36. The van der Waals surface area contributed by atoms with Crippen molar-refractivity contribution in [1.29, 1.82) is 0 Å². The van der Waals surface area contributed by atoms with Crippen molar-refractivity contribution in [3.8, 4) is 5.75 Å². The zero-order valence-corrected chi connectivity index (χ0v) is 15.1. The molecule has 5 nitrogen and oxygen atoms in total. The van der Waals surface area contributed by atoms with E-state index in [-0.39, 0.29) is 11.0 Å². The Balaban J connectivity index is 1.92. The first-order valence-corrected chi connectivity index (χ1v) is 8.01. The standard InChI is InChI=1S/C18H29N3O2/c1-17(2)15(11-18(17,3)23-6)21-16(19-4)20-12-13-8-7-9-14(10-13)22-5/h7-10,15H,11-12H2,1-6H3,(H2,19,20,21). The first-order valence-electron chi connectivity index (χ1n) is 8.01. The molecule has 0 aliphatic heterocycles. The summed E-state index contributed by atoms with van der Waals surface area (Å²) in [6.45, 7) is 7.32. The molecular weight excluding hydrogens is 290 g/mol. The molecule has 0 radical (unpaired) electrons. The molecule has 5 heteroatoms. The Kier molecular flexibility index (Phi) is 5.19. The Morgan fingerprint density at radius 2 is 2.04 bits per heavy atom. The van der Waals surface area contributed by atoms with Gasteiger partial charge < -0.3 is 20.1 Å². The Morgan fingerprint density at radius 3 is 2.61 bits per heavy atom. The van der Waals surface area contributed by atoms with Crippen molar-refractivity contribution < 1.29 is 9.47 Å².